The largest absolute Gasteiger partial charge is 0.475 e. The number of halogens is 2. The van der Waals surface area contributed by atoms with Crippen molar-refractivity contribution in [3.8, 4) is 11.3 Å². The molecular formula is C11H7F2NO3S. The van der Waals surface area contributed by atoms with Crippen molar-refractivity contribution >= 4 is 17.7 Å². The van der Waals surface area contributed by atoms with Gasteiger partial charge in [0, 0.05) is 16.5 Å². The fourth-order valence-electron chi connectivity index (χ4n) is 1.40. The van der Waals surface area contributed by atoms with Gasteiger partial charge >= 0.3 is 5.97 Å². The van der Waals surface area contributed by atoms with Gasteiger partial charge < -0.3 is 9.63 Å². The summed E-state index contributed by atoms with van der Waals surface area (Å²) in [6.07, 6.45) is 1.60. The average Bonchev–Trinajstić information content (AvgIpc) is 2.81. The molecule has 0 saturated carbocycles. The molecule has 4 nitrogen and oxygen atoms in total. The van der Waals surface area contributed by atoms with Crippen LogP contribution in [0, 0.1) is 11.6 Å². The van der Waals surface area contributed by atoms with Crippen LogP contribution in [0.25, 0.3) is 11.3 Å². The second kappa shape index (κ2) is 4.77. The van der Waals surface area contributed by atoms with Crippen LogP contribution < -0.4 is 0 Å². The van der Waals surface area contributed by atoms with Crippen molar-refractivity contribution in [2.45, 2.75) is 4.90 Å². The second-order valence-corrected chi connectivity index (χ2v) is 4.20. The van der Waals surface area contributed by atoms with Crippen LogP contribution in [0.2, 0.25) is 0 Å². The van der Waals surface area contributed by atoms with E-state index in [0.717, 1.165) is 30.0 Å². The van der Waals surface area contributed by atoms with Gasteiger partial charge in [0.05, 0.1) is 0 Å². The number of aromatic nitrogens is 1. The highest BCUT2D eigenvalue weighted by Crippen LogP contribution is 2.30. The quantitative estimate of drug-likeness (QED) is 0.869. The number of hydrogen-bond acceptors (Lipinski definition) is 4. The van der Waals surface area contributed by atoms with E-state index in [1.165, 1.54) is 0 Å². The minimum Gasteiger partial charge on any atom is -0.475 e. The topological polar surface area (TPSA) is 63.3 Å². The molecule has 0 aliphatic carbocycles. The number of nitrogens with zero attached hydrogens (tertiary/aromatic N) is 1. The molecule has 1 aromatic carbocycles. The van der Waals surface area contributed by atoms with Gasteiger partial charge in [-0.1, -0.05) is 5.16 Å². The van der Waals surface area contributed by atoms with Crippen molar-refractivity contribution in [1.82, 2.24) is 5.16 Å². The van der Waals surface area contributed by atoms with Crippen LogP contribution in [0.3, 0.4) is 0 Å². The fourth-order valence-corrected chi connectivity index (χ4v) is 1.92. The third kappa shape index (κ3) is 2.21. The van der Waals surface area contributed by atoms with E-state index in [9.17, 15) is 13.6 Å². The third-order valence-corrected chi connectivity index (χ3v) is 2.96. The summed E-state index contributed by atoms with van der Waals surface area (Å²) in [7, 11) is 0. The van der Waals surface area contributed by atoms with Crippen LogP contribution in [0.15, 0.2) is 27.6 Å². The van der Waals surface area contributed by atoms with Crippen molar-refractivity contribution in [2.24, 2.45) is 0 Å². The van der Waals surface area contributed by atoms with Crippen LogP contribution in [0.5, 0.6) is 0 Å². The van der Waals surface area contributed by atoms with Crippen molar-refractivity contribution in [1.29, 1.82) is 0 Å². The van der Waals surface area contributed by atoms with Crippen molar-refractivity contribution in [2.75, 3.05) is 6.26 Å². The molecule has 94 valence electrons. The lowest BCUT2D eigenvalue weighted by molar-refractivity contribution is 0.0652. The zero-order chi connectivity index (χ0) is 13.3. The van der Waals surface area contributed by atoms with E-state index < -0.39 is 23.4 Å². The Labute approximate surface area is 105 Å². The Balaban J connectivity index is 2.55. The molecule has 1 heterocycles. The van der Waals surface area contributed by atoms with E-state index in [1.807, 2.05) is 0 Å². The number of carbonyl (C=O) groups is 1. The Morgan fingerprint density at radius 2 is 2.11 bits per heavy atom. The Morgan fingerprint density at radius 3 is 2.67 bits per heavy atom. The summed E-state index contributed by atoms with van der Waals surface area (Å²) < 4.78 is 31.7. The molecule has 0 saturated heterocycles. The SMILES string of the molecule is CSc1cc(F)cc(-c2cc(C(=O)O)on2)c1F. The van der Waals surface area contributed by atoms with Gasteiger partial charge in [-0.2, -0.15) is 0 Å². The molecule has 1 aromatic heterocycles. The third-order valence-electron chi connectivity index (χ3n) is 2.22. The van der Waals surface area contributed by atoms with Crippen LogP contribution in [-0.2, 0) is 0 Å². The summed E-state index contributed by atoms with van der Waals surface area (Å²) in [5.74, 6) is -3.04. The summed E-state index contributed by atoms with van der Waals surface area (Å²) in [5, 5.41) is 12.1. The van der Waals surface area contributed by atoms with Crippen molar-refractivity contribution < 1.29 is 23.2 Å². The number of carboxylic acid groups (broad SMARTS) is 1. The zero-order valence-electron chi connectivity index (χ0n) is 9.11. The molecule has 1 N–H and O–H groups in total. The number of thioether (sulfide) groups is 1. The molecule has 0 fully saturated rings. The van der Waals surface area contributed by atoms with E-state index in [1.54, 1.807) is 6.26 Å². The number of carboxylic acids is 1. The Morgan fingerprint density at radius 1 is 1.39 bits per heavy atom. The monoisotopic (exact) mass is 271 g/mol. The maximum atomic E-state index is 13.9. The van der Waals surface area contributed by atoms with Crippen LogP contribution in [0.1, 0.15) is 10.6 Å². The van der Waals surface area contributed by atoms with Crippen LogP contribution in [-0.4, -0.2) is 22.5 Å². The van der Waals surface area contributed by atoms with Crippen LogP contribution in [0.4, 0.5) is 8.78 Å². The molecule has 18 heavy (non-hydrogen) atoms. The van der Waals surface area contributed by atoms with E-state index in [-0.39, 0.29) is 16.2 Å². The van der Waals surface area contributed by atoms with Gasteiger partial charge in [-0.05, 0) is 18.4 Å². The molecule has 0 atom stereocenters. The van der Waals surface area contributed by atoms with Crippen molar-refractivity contribution in [3.05, 3.63) is 35.6 Å². The molecule has 0 unspecified atom stereocenters. The lowest BCUT2D eigenvalue weighted by atomic mass is 10.1. The first-order valence-electron chi connectivity index (χ1n) is 4.76. The number of rotatable bonds is 3. The average molecular weight is 271 g/mol. The Hall–Kier alpha value is -1.89. The maximum absolute atomic E-state index is 13.9. The van der Waals surface area contributed by atoms with E-state index in [2.05, 4.69) is 9.68 Å². The standard InChI is InChI=1S/C11H7F2NO3S/c1-18-9-3-5(12)2-6(10(9)13)7-4-8(11(15)16)17-14-7/h2-4H,1H3,(H,15,16). The van der Waals surface area contributed by atoms with Crippen LogP contribution >= 0.6 is 11.8 Å². The van der Waals surface area contributed by atoms with E-state index >= 15 is 0 Å². The molecule has 2 aromatic rings. The Bertz CT molecular complexity index is 612. The van der Waals surface area contributed by atoms with Crippen molar-refractivity contribution in [3.63, 3.8) is 0 Å². The van der Waals surface area contributed by atoms with Gasteiger partial charge in [0.15, 0.2) is 0 Å². The lowest BCUT2D eigenvalue weighted by Gasteiger charge is -2.04. The number of hydrogen-bond donors (Lipinski definition) is 1. The van der Waals surface area contributed by atoms with Gasteiger partial charge in [0.2, 0.25) is 5.76 Å². The lowest BCUT2D eigenvalue weighted by Crippen LogP contribution is -1.92. The normalized spacial score (nSPS) is 10.6. The first kappa shape index (κ1) is 12.6. The van der Waals surface area contributed by atoms with Gasteiger partial charge in [0.1, 0.15) is 17.3 Å². The smallest absolute Gasteiger partial charge is 0.374 e. The van der Waals surface area contributed by atoms with Gasteiger partial charge in [-0.3, -0.25) is 0 Å². The molecule has 0 aliphatic rings. The Kier molecular flexibility index (Phi) is 3.33. The van der Waals surface area contributed by atoms with E-state index in [4.69, 9.17) is 5.11 Å². The van der Waals surface area contributed by atoms with Gasteiger partial charge in [-0.25, -0.2) is 13.6 Å². The predicted molar refractivity (Wildman–Crippen MR) is 60.6 cm³/mol. The molecule has 0 spiro atoms. The maximum Gasteiger partial charge on any atom is 0.374 e. The van der Waals surface area contributed by atoms with Gasteiger partial charge in [-0.15, -0.1) is 11.8 Å². The predicted octanol–water partition coefficient (Wildman–Crippen LogP) is 3.04. The molecular weight excluding hydrogens is 264 g/mol. The zero-order valence-corrected chi connectivity index (χ0v) is 9.92. The fraction of sp³-hybridized carbons (Fsp3) is 0.0909. The number of benzene rings is 1. The molecule has 0 amide bonds. The summed E-state index contributed by atoms with van der Waals surface area (Å²) in [6, 6.07) is 3.05. The molecule has 0 radical (unpaired) electrons. The highest BCUT2D eigenvalue weighted by atomic mass is 32.2. The second-order valence-electron chi connectivity index (χ2n) is 3.35. The highest BCUT2D eigenvalue weighted by molar-refractivity contribution is 7.98. The highest BCUT2D eigenvalue weighted by Gasteiger charge is 2.18. The molecule has 2 rings (SSSR count). The van der Waals surface area contributed by atoms with Gasteiger partial charge in [0.25, 0.3) is 0 Å². The molecule has 0 bridgehead atoms. The first-order chi connectivity index (χ1) is 8.52. The molecule has 0 aliphatic heterocycles. The summed E-state index contributed by atoms with van der Waals surface area (Å²) in [5.41, 5.74) is -0.185. The summed E-state index contributed by atoms with van der Waals surface area (Å²) in [4.78, 5) is 10.7. The summed E-state index contributed by atoms with van der Waals surface area (Å²) in [6.45, 7) is 0. The number of aromatic carboxylic acids is 1. The summed E-state index contributed by atoms with van der Waals surface area (Å²) >= 11 is 1.04. The first-order valence-corrected chi connectivity index (χ1v) is 5.99. The minimum atomic E-state index is -1.32. The van der Waals surface area contributed by atoms with E-state index in [0.29, 0.717) is 0 Å². The minimum absolute atomic E-state index is 0.0558. The molecule has 7 heteroatoms.